The van der Waals surface area contributed by atoms with Gasteiger partial charge < -0.3 is 15.0 Å². The van der Waals surface area contributed by atoms with Crippen LogP contribution in [0.5, 0.6) is 0 Å². The van der Waals surface area contributed by atoms with E-state index in [0.717, 1.165) is 0 Å². The van der Waals surface area contributed by atoms with E-state index < -0.39 is 17.8 Å². The predicted octanol–water partition coefficient (Wildman–Crippen LogP) is 2.24. The molecule has 104 valence electrons. The molecule has 1 rings (SSSR count). The Morgan fingerprint density at radius 2 is 2.05 bits per heavy atom. The van der Waals surface area contributed by atoms with Crippen LogP contribution in [0.4, 0.5) is 14.9 Å². The Balaban J connectivity index is 2.59. The van der Waals surface area contributed by atoms with E-state index in [9.17, 15) is 14.0 Å². The van der Waals surface area contributed by atoms with Gasteiger partial charge in [0.2, 0.25) is 0 Å². The van der Waals surface area contributed by atoms with E-state index >= 15 is 0 Å². The van der Waals surface area contributed by atoms with Crippen LogP contribution in [0.2, 0.25) is 0 Å². The molecule has 0 heterocycles. The number of nitrogens with one attached hydrogen (secondary N) is 1. The molecular formula is C13H17FN2O3. The summed E-state index contributed by atoms with van der Waals surface area (Å²) in [6.45, 7) is 2.42. The molecule has 0 aliphatic rings. The number of ether oxygens (including phenoxy) is 1. The fourth-order valence-corrected chi connectivity index (χ4v) is 1.49. The minimum absolute atomic E-state index is 0.106. The number of amides is 2. The number of urea groups is 1. The second-order valence-electron chi connectivity index (χ2n) is 3.82. The molecule has 6 heteroatoms. The molecule has 0 saturated heterocycles. The van der Waals surface area contributed by atoms with Gasteiger partial charge in [-0.05, 0) is 19.1 Å². The van der Waals surface area contributed by atoms with Crippen molar-refractivity contribution in [3.05, 3.63) is 30.1 Å². The molecule has 1 N–H and O–H groups in total. The van der Waals surface area contributed by atoms with E-state index in [-0.39, 0.29) is 18.7 Å². The van der Waals surface area contributed by atoms with Crippen LogP contribution >= 0.6 is 0 Å². The maximum absolute atomic E-state index is 13.4. The first-order valence-corrected chi connectivity index (χ1v) is 5.95. The van der Waals surface area contributed by atoms with Crippen molar-refractivity contribution in [3.8, 4) is 0 Å². The quantitative estimate of drug-likeness (QED) is 0.833. The highest BCUT2D eigenvalue weighted by atomic mass is 19.1. The Morgan fingerprint density at radius 1 is 1.37 bits per heavy atom. The van der Waals surface area contributed by atoms with Crippen molar-refractivity contribution in [2.45, 2.75) is 13.3 Å². The van der Waals surface area contributed by atoms with Gasteiger partial charge in [0.25, 0.3) is 0 Å². The third-order valence-corrected chi connectivity index (χ3v) is 2.60. The first-order chi connectivity index (χ1) is 9.08. The summed E-state index contributed by atoms with van der Waals surface area (Å²) in [5.41, 5.74) is 0.115. The van der Waals surface area contributed by atoms with Crippen molar-refractivity contribution in [2.24, 2.45) is 0 Å². The lowest BCUT2D eigenvalue weighted by Crippen LogP contribution is -2.36. The highest BCUT2D eigenvalue weighted by Crippen LogP contribution is 2.13. The first-order valence-electron chi connectivity index (χ1n) is 5.95. The van der Waals surface area contributed by atoms with Gasteiger partial charge in [0.1, 0.15) is 5.82 Å². The van der Waals surface area contributed by atoms with Crippen molar-refractivity contribution in [2.75, 3.05) is 25.5 Å². The molecule has 0 aliphatic heterocycles. The fourth-order valence-electron chi connectivity index (χ4n) is 1.49. The number of anilines is 1. The van der Waals surface area contributed by atoms with Crippen molar-refractivity contribution >= 4 is 17.7 Å². The standard InChI is InChI=1S/C13H17FN2O3/c1-3-16(9-8-12(17)19-2)13(18)15-11-7-5-4-6-10(11)14/h4-7H,3,8-9H2,1-2H3,(H,15,18). The Labute approximate surface area is 111 Å². The van der Waals surface area contributed by atoms with E-state index in [1.807, 2.05) is 0 Å². The summed E-state index contributed by atoms with van der Waals surface area (Å²) in [6, 6.07) is 5.46. The minimum Gasteiger partial charge on any atom is -0.469 e. The smallest absolute Gasteiger partial charge is 0.321 e. The maximum Gasteiger partial charge on any atom is 0.321 e. The van der Waals surface area contributed by atoms with Gasteiger partial charge in [-0.15, -0.1) is 0 Å². The average molecular weight is 268 g/mol. The monoisotopic (exact) mass is 268 g/mol. The molecule has 0 aromatic heterocycles. The molecule has 0 radical (unpaired) electrons. The van der Waals surface area contributed by atoms with Crippen LogP contribution < -0.4 is 5.32 Å². The summed E-state index contributed by atoms with van der Waals surface area (Å²) in [5.74, 6) is -0.892. The van der Waals surface area contributed by atoms with Gasteiger partial charge in [0.05, 0.1) is 19.2 Å². The summed E-state index contributed by atoms with van der Waals surface area (Å²) in [6.07, 6.45) is 0.106. The summed E-state index contributed by atoms with van der Waals surface area (Å²) in [4.78, 5) is 24.3. The Kier molecular flexibility index (Phi) is 5.78. The second kappa shape index (κ2) is 7.35. The molecule has 0 atom stereocenters. The molecule has 0 aliphatic carbocycles. The Hall–Kier alpha value is -2.11. The van der Waals surface area contributed by atoms with Crippen molar-refractivity contribution < 1.29 is 18.7 Å². The number of carbonyl (C=O) groups is 2. The normalized spacial score (nSPS) is 9.84. The molecule has 0 fully saturated rings. The summed E-state index contributed by atoms with van der Waals surface area (Å²) in [5, 5.41) is 2.46. The molecule has 1 aromatic rings. The topological polar surface area (TPSA) is 58.6 Å². The molecule has 0 spiro atoms. The lowest BCUT2D eigenvalue weighted by atomic mass is 10.3. The van der Waals surface area contributed by atoms with Crippen LogP contribution in [0, 0.1) is 5.82 Å². The molecule has 0 bridgehead atoms. The number of halogens is 1. The molecular weight excluding hydrogens is 251 g/mol. The molecule has 5 nitrogen and oxygen atoms in total. The number of benzene rings is 1. The van der Waals surface area contributed by atoms with Gasteiger partial charge in [-0.1, -0.05) is 12.1 Å². The van der Waals surface area contributed by atoms with Crippen molar-refractivity contribution in [3.63, 3.8) is 0 Å². The van der Waals surface area contributed by atoms with Gasteiger partial charge in [0.15, 0.2) is 0 Å². The van der Waals surface area contributed by atoms with Crippen LogP contribution in [-0.2, 0) is 9.53 Å². The van der Waals surface area contributed by atoms with E-state index in [1.165, 1.54) is 24.1 Å². The Bertz CT molecular complexity index is 451. The van der Waals surface area contributed by atoms with Gasteiger partial charge in [0, 0.05) is 13.1 Å². The minimum atomic E-state index is -0.500. The molecule has 1 aromatic carbocycles. The average Bonchev–Trinajstić information content (AvgIpc) is 2.41. The van der Waals surface area contributed by atoms with Gasteiger partial charge in [-0.3, -0.25) is 4.79 Å². The van der Waals surface area contributed by atoms with Gasteiger partial charge in [-0.2, -0.15) is 0 Å². The maximum atomic E-state index is 13.4. The van der Waals surface area contributed by atoms with E-state index in [4.69, 9.17) is 0 Å². The predicted molar refractivity (Wildman–Crippen MR) is 69.3 cm³/mol. The third-order valence-electron chi connectivity index (χ3n) is 2.60. The number of methoxy groups -OCH3 is 1. The van der Waals surface area contributed by atoms with Crippen LogP contribution in [0.15, 0.2) is 24.3 Å². The van der Waals surface area contributed by atoms with Crippen LogP contribution in [0.1, 0.15) is 13.3 Å². The number of hydrogen-bond acceptors (Lipinski definition) is 3. The zero-order chi connectivity index (χ0) is 14.3. The Morgan fingerprint density at radius 3 is 2.63 bits per heavy atom. The number of nitrogens with zero attached hydrogens (tertiary/aromatic N) is 1. The molecule has 0 unspecified atom stereocenters. The van der Waals surface area contributed by atoms with E-state index in [1.54, 1.807) is 19.1 Å². The molecule has 2 amide bonds. The number of esters is 1. The lowest BCUT2D eigenvalue weighted by molar-refractivity contribution is -0.140. The highest BCUT2D eigenvalue weighted by molar-refractivity contribution is 5.89. The number of hydrogen-bond donors (Lipinski definition) is 1. The third kappa shape index (κ3) is 4.57. The van der Waals surface area contributed by atoms with Crippen LogP contribution in [-0.4, -0.2) is 37.1 Å². The summed E-state index contributed by atoms with van der Waals surface area (Å²) < 4.78 is 17.9. The lowest BCUT2D eigenvalue weighted by Gasteiger charge is -2.20. The molecule has 19 heavy (non-hydrogen) atoms. The van der Waals surface area contributed by atoms with E-state index in [0.29, 0.717) is 6.54 Å². The number of carbonyl (C=O) groups excluding carboxylic acids is 2. The highest BCUT2D eigenvalue weighted by Gasteiger charge is 2.14. The first kappa shape index (κ1) is 14.9. The second-order valence-corrected chi connectivity index (χ2v) is 3.82. The van der Waals surface area contributed by atoms with E-state index in [2.05, 4.69) is 10.1 Å². The van der Waals surface area contributed by atoms with Gasteiger partial charge in [-0.25, -0.2) is 9.18 Å². The largest absolute Gasteiger partial charge is 0.469 e. The van der Waals surface area contributed by atoms with Crippen LogP contribution in [0.3, 0.4) is 0 Å². The molecule has 0 saturated carbocycles. The number of para-hydroxylation sites is 1. The number of rotatable bonds is 5. The van der Waals surface area contributed by atoms with Crippen LogP contribution in [0.25, 0.3) is 0 Å². The van der Waals surface area contributed by atoms with Gasteiger partial charge >= 0.3 is 12.0 Å². The SMILES string of the molecule is CCN(CCC(=O)OC)C(=O)Nc1ccccc1F. The van der Waals surface area contributed by atoms with Crippen molar-refractivity contribution in [1.29, 1.82) is 0 Å². The zero-order valence-corrected chi connectivity index (χ0v) is 11.0. The van der Waals surface area contributed by atoms with Crippen molar-refractivity contribution in [1.82, 2.24) is 4.90 Å². The summed E-state index contributed by atoms with van der Waals surface area (Å²) >= 11 is 0. The zero-order valence-electron chi connectivity index (χ0n) is 11.0. The fraction of sp³-hybridized carbons (Fsp3) is 0.385. The summed E-state index contributed by atoms with van der Waals surface area (Å²) in [7, 11) is 1.29.